The SMILES string of the molecule is CCSc1ccc(Cl)cc1Nn1cnc2ncc(C(F)(F)F)cc2c1=O. The minimum atomic E-state index is -4.60. The van der Waals surface area contributed by atoms with Crippen molar-refractivity contribution in [2.45, 2.75) is 18.0 Å². The molecule has 3 aromatic rings. The van der Waals surface area contributed by atoms with Crippen molar-refractivity contribution >= 4 is 40.1 Å². The lowest BCUT2D eigenvalue weighted by atomic mass is 10.2. The van der Waals surface area contributed by atoms with Crippen molar-refractivity contribution < 1.29 is 13.2 Å². The molecule has 3 rings (SSSR count). The highest BCUT2D eigenvalue weighted by Gasteiger charge is 2.31. The third-order valence-corrected chi connectivity index (χ3v) is 4.61. The van der Waals surface area contributed by atoms with Crippen LogP contribution < -0.4 is 11.0 Å². The number of benzene rings is 1. The fourth-order valence-corrected chi connectivity index (χ4v) is 3.16. The Hall–Kier alpha value is -2.26. The van der Waals surface area contributed by atoms with E-state index in [1.807, 2.05) is 6.92 Å². The molecular weight excluding hydrogens is 389 g/mol. The summed E-state index contributed by atoms with van der Waals surface area (Å²) in [6.07, 6.45) is -2.77. The fraction of sp³-hybridized carbons (Fsp3) is 0.188. The Labute approximate surface area is 155 Å². The van der Waals surface area contributed by atoms with Crippen LogP contribution in [0.15, 0.2) is 46.5 Å². The smallest absolute Gasteiger partial charge is 0.289 e. The van der Waals surface area contributed by atoms with E-state index in [0.29, 0.717) is 16.9 Å². The topological polar surface area (TPSA) is 59.8 Å². The van der Waals surface area contributed by atoms with Crippen LogP contribution in [0.4, 0.5) is 18.9 Å². The Morgan fingerprint density at radius 2 is 2.04 bits per heavy atom. The molecule has 2 aromatic heterocycles. The zero-order valence-corrected chi connectivity index (χ0v) is 14.9. The molecule has 2 heterocycles. The second-order valence-corrected chi connectivity index (χ2v) is 6.94. The Bertz CT molecular complexity index is 1020. The van der Waals surface area contributed by atoms with E-state index in [2.05, 4.69) is 15.4 Å². The second kappa shape index (κ2) is 7.16. The van der Waals surface area contributed by atoms with Crippen LogP contribution in [0.25, 0.3) is 11.0 Å². The summed E-state index contributed by atoms with van der Waals surface area (Å²) in [5.74, 6) is 0.792. The maximum Gasteiger partial charge on any atom is 0.417 e. The molecule has 0 bridgehead atoms. The Balaban J connectivity index is 2.08. The van der Waals surface area contributed by atoms with Gasteiger partial charge in [0.15, 0.2) is 5.65 Å². The van der Waals surface area contributed by atoms with Crippen LogP contribution >= 0.6 is 23.4 Å². The van der Waals surface area contributed by atoms with Gasteiger partial charge in [-0.2, -0.15) is 13.2 Å². The highest BCUT2D eigenvalue weighted by atomic mass is 35.5. The standard InChI is InChI=1S/C16H12ClF3N4OS/c1-2-26-13-4-3-10(17)6-12(13)23-24-8-22-14-11(15(24)25)5-9(7-21-14)16(18,19)20/h3-8,23H,2H2,1H3. The van der Waals surface area contributed by atoms with E-state index in [-0.39, 0.29) is 11.0 Å². The normalized spacial score (nSPS) is 11.7. The quantitative estimate of drug-likeness (QED) is 0.655. The second-order valence-electron chi connectivity index (χ2n) is 5.20. The van der Waals surface area contributed by atoms with Gasteiger partial charge in [-0.1, -0.05) is 18.5 Å². The molecule has 136 valence electrons. The summed E-state index contributed by atoms with van der Waals surface area (Å²) < 4.78 is 39.6. The average molecular weight is 401 g/mol. The highest BCUT2D eigenvalue weighted by molar-refractivity contribution is 7.99. The Morgan fingerprint density at radius 1 is 1.27 bits per heavy atom. The fourth-order valence-electron chi connectivity index (χ4n) is 2.25. The summed E-state index contributed by atoms with van der Waals surface area (Å²) in [6.45, 7) is 1.97. The van der Waals surface area contributed by atoms with Gasteiger partial charge in [0, 0.05) is 16.1 Å². The molecule has 1 N–H and O–H groups in total. The number of nitrogens with zero attached hydrogens (tertiary/aromatic N) is 3. The number of hydrogen-bond donors (Lipinski definition) is 1. The number of aromatic nitrogens is 3. The Kier molecular flexibility index (Phi) is 5.10. The van der Waals surface area contributed by atoms with Gasteiger partial charge in [0.25, 0.3) is 5.56 Å². The molecule has 0 radical (unpaired) electrons. The van der Waals surface area contributed by atoms with Gasteiger partial charge in [0.1, 0.15) is 6.33 Å². The summed E-state index contributed by atoms with van der Waals surface area (Å²) in [6, 6.07) is 5.88. The van der Waals surface area contributed by atoms with Crippen molar-refractivity contribution in [3.8, 4) is 0 Å². The highest BCUT2D eigenvalue weighted by Crippen LogP contribution is 2.31. The van der Waals surface area contributed by atoms with Crippen molar-refractivity contribution in [1.29, 1.82) is 0 Å². The van der Waals surface area contributed by atoms with Gasteiger partial charge < -0.3 is 0 Å². The third-order valence-electron chi connectivity index (χ3n) is 3.42. The third kappa shape index (κ3) is 3.78. The van der Waals surface area contributed by atoms with Crippen LogP contribution in [0.5, 0.6) is 0 Å². The van der Waals surface area contributed by atoms with Gasteiger partial charge in [-0.05, 0) is 30.0 Å². The van der Waals surface area contributed by atoms with Crippen molar-refractivity contribution in [3.05, 3.63) is 57.7 Å². The number of hydrogen-bond acceptors (Lipinski definition) is 5. The van der Waals surface area contributed by atoms with Crippen LogP contribution in [-0.4, -0.2) is 20.4 Å². The van der Waals surface area contributed by atoms with Crippen molar-refractivity contribution in [2.75, 3.05) is 11.2 Å². The summed E-state index contributed by atoms with van der Waals surface area (Å²) in [7, 11) is 0. The molecule has 0 amide bonds. The molecule has 0 aliphatic carbocycles. The monoisotopic (exact) mass is 400 g/mol. The van der Waals surface area contributed by atoms with Crippen LogP contribution in [0, 0.1) is 0 Å². The maximum absolute atomic E-state index is 12.9. The van der Waals surface area contributed by atoms with Gasteiger partial charge >= 0.3 is 6.18 Å². The molecule has 10 heteroatoms. The van der Waals surface area contributed by atoms with Gasteiger partial charge in [0.05, 0.1) is 16.6 Å². The average Bonchev–Trinajstić information content (AvgIpc) is 2.59. The molecule has 0 unspecified atom stereocenters. The minimum Gasteiger partial charge on any atom is -0.289 e. The molecule has 0 aliphatic heterocycles. The lowest BCUT2D eigenvalue weighted by Gasteiger charge is -2.14. The Morgan fingerprint density at radius 3 is 2.73 bits per heavy atom. The number of nitrogens with one attached hydrogen (secondary N) is 1. The molecule has 0 atom stereocenters. The molecule has 0 fully saturated rings. The van der Waals surface area contributed by atoms with E-state index in [9.17, 15) is 18.0 Å². The molecule has 26 heavy (non-hydrogen) atoms. The predicted octanol–water partition coefficient (Wildman–Crippen LogP) is 4.45. The van der Waals surface area contributed by atoms with Gasteiger partial charge in [-0.15, -0.1) is 11.8 Å². The van der Waals surface area contributed by atoms with E-state index < -0.39 is 17.3 Å². The number of rotatable bonds is 4. The number of anilines is 1. The first kappa shape index (κ1) is 18.5. The van der Waals surface area contributed by atoms with Crippen LogP contribution in [0.2, 0.25) is 5.02 Å². The zero-order chi connectivity index (χ0) is 18.9. The first-order valence-electron chi connectivity index (χ1n) is 7.43. The summed E-state index contributed by atoms with van der Waals surface area (Å²) in [5, 5.41) is 0.220. The van der Waals surface area contributed by atoms with Gasteiger partial charge in [0.2, 0.25) is 0 Å². The number of fused-ring (bicyclic) bond motifs is 1. The first-order valence-corrected chi connectivity index (χ1v) is 8.80. The molecule has 0 spiro atoms. The molecular formula is C16H12ClF3N4OS. The van der Waals surface area contributed by atoms with Crippen molar-refractivity contribution in [1.82, 2.24) is 14.6 Å². The number of halogens is 4. The largest absolute Gasteiger partial charge is 0.417 e. The van der Waals surface area contributed by atoms with E-state index in [1.165, 1.54) is 18.1 Å². The van der Waals surface area contributed by atoms with Crippen LogP contribution in [0.3, 0.4) is 0 Å². The minimum absolute atomic E-state index is 0.0599. The van der Waals surface area contributed by atoms with Crippen molar-refractivity contribution in [3.63, 3.8) is 0 Å². The maximum atomic E-state index is 12.9. The number of alkyl halides is 3. The zero-order valence-electron chi connectivity index (χ0n) is 13.3. The van der Waals surface area contributed by atoms with Crippen molar-refractivity contribution in [2.24, 2.45) is 0 Å². The van der Waals surface area contributed by atoms with E-state index in [4.69, 9.17) is 11.6 Å². The van der Waals surface area contributed by atoms with Crippen LogP contribution in [0.1, 0.15) is 12.5 Å². The molecule has 0 saturated carbocycles. The van der Waals surface area contributed by atoms with Gasteiger partial charge in [-0.25, -0.2) is 14.6 Å². The predicted molar refractivity (Wildman–Crippen MR) is 95.7 cm³/mol. The summed E-state index contributed by atoms with van der Waals surface area (Å²) in [5.41, 5.74) is 1.63. The summed E-state index contributed by atoms with van der Waals surface area (Å²) in [4.78, 5) is 21.0. The van der Waals surface area contributed by atoms with Crippen LogP contribution in [-0.2, 0) is 6.18 Å². The molecule has 5 nitrogen and oxygen atoms in total. The van der Waals surface area contributed by atoms with E-state index >= 15 is 0 Å². The molecule has 0 aliphatic rings. The molecule has 1 aromatic carbocycles. The molecule has 0 saturated heterocycles. The van der Waals surface area contributed by atoms with E-state index in [0.717, 1.165) is 21.4 Å². The van der Waals surface area contributed by atoms with E-state index in [1.54, 1.807) is 18.2 Å². The lowest BCUT2D eigenvalue weighted by Crippen LogP contribution is -2.27. The number of thioether (sulfide) groups is 1. The number of pyridine rings is 1. The first-order chi connectivity index (χ1) is 12.3. The van der Waals surface area contributed by atoms with Gasteiger partial charge in [-0.3, -0.25) is 10.2 Å². The summed E-state index contributed by atoms with van der Waals surface area (Å²) >= 11 is 7.53. The lowest BCUT2D eigenvalue weighted by molar-refractivity contribution is -0.137.